The molecule has 3 rings (SSSR count). The van der Waals surface area contributed by atoms with Crippen molar-refractivity contribution in [3.63, 3.8) is 0 Å². The van der Waals surface area contributed by atoms with Crippen molar-refractivity contribution in [3.8, 4) is 0 Å². The zero-order valence-corrected chi connectivity index (χ0v) is 14.4. The number of H-pyrrole nitrogens is 1. The van der Waals surface area contributed by atoms with Crippen LogP contribution in [-0.2, 0) is 17.9 Å². The topological polar surface area (TPSA) is 88.9 Å². The Morgan fingerprint density at radius 2 is 2.21 bits per heavy atom. The summed E-state index contributed by atoms with van der Waals surface area (Å²) in [6.45, 7) is 6.52. The van der Waals surface area contributed by atoms with E-state index in [2.05, 4.69) is 43.7 Å². The van der Waals surface area contributed by atoms with Crippen molar-refractivity contribution in [3.05, 3.63) is 34.0 Å². The van der Waals surface area contributed by atoms with Gasteiger partial charge in [0.05, 0.1) is 11.7 Å². The molecule has 130 valence electrons. The Hall–Kier alpha value is -2.22. The monoisotopic (exact) mass is 332 g/mol. The van der Waals surface area contributed by atoms with E-state index in [1.54, 1.807) is 13.2 Å². The molecule has 2 aromatic rings. The quantitative estimate of drug-likeness (QED) is 0.862. The van der Waals surface area contributed by atoms with Gasteiger partial charge in [-0.15, -0.1) is 10.2 Å². The minimum Gasteiger partial charge on any atom is -0.377 e. The highest BCUT2D eigenvalue weighted by molar-refractivity contribution is 5.37. The van der Waals surface area contributed by atoms with Crippen molar-refractivity contribution in [2.45, 2.75) is 45.9 Å². The van der Waals surface area contributed by atoms with E-state index in [0.717, 1.165) is 43.4 Å². The first-order valence-corrected chi connectivity index (χ1v) is 8.33. The molecule has 0 radical (unpaired) electrons. The first-order valence-electron chi connectivity index (χ1n) is 8.33. The van der Waals surface area contributed by atoms with Crippen molar-refractivity contribution in [2.24, 2.45) is 5.92 Å². The van der Waals surface area contributed by atoms with Gasteiger partial charge in [0.15, 0.2) is 5.82 Å². The minimum atomic E-state index is -0.186. The molecular formula is C16H24N6O2. The summed E-state index contributed by atoms with van der Waals surface area (Å²) in [5.41, 5.74) is 0.674. The van der Waals surface area contributed by atoms with Crippen molar-refractivity contribution in [2.75, 3.05) is 18.6 Å². The summed E-state index contributed by atoms with van der Waals surface area (Å²) in [5, 5.41) is 15.5. The highest BCUT2D eigenvalue weighted by Gasteiger charge is 2.31. The van der Waals surface area contributed by atoms with Crippen LogP contribution in [0.2, 0.25) is 0 Å². The number of hydrogen-bond acceptors (Lipinski definition) is 6. The van der Waals surface area contributed by atoms with Crippen LogP contribution in [-0.4, -0.2) is 38.6 Å². The third kappa shape index (κ3) is 3.33. The lowest BCUT2D eigenvalue weighted by atomic mass is 10.1. The standard InChI is InChI=1S/C16H24N6O2/c1-11(2)9-22-14(10-24-3)18-20-16(22)21-8-4-5-13(21)12-6-7-15(23)19-17-12/h6-7,11,13H,4-5,8-10H2,1-3H3,(H,19,23). The molecule has 24 heavy (non-hydrogen) atoms. The third-order valence-corrected chi connectivity index (χ3v) is 4.18. The lowest BCUT2D eigenvalue weighted by molar-refractivity contribution is 0.173. The molecule has 1 atom stereocenters. The summed E-state index contributed by atoms with van der Waals surface area (Å²) >= 11 is 0. The summed E-state index contributed by atoms with van der Waals surface area (Å²) in [7, 11) is 1.66. The van der Waals surface area contributed by atoms with Gasteiger partial charge in [-0.3, -0.25) is 9.36 Å². The zero-order chi connectivity index (χ0) is 17.1. The van der Waals surface area contributed by atoms with Gasteiger partial charge in [-0.1, -0.05) is 13.8 Å². The van der Waals surface area contributed by atoms with E-state index in [4.69, 9.17) is 4.74 Å². The molecule has 3 heterocycles. The maximum atomic E-state index is 11.3. The predicted octanol–water partition coefficient (Wildman–Crippen LogP) is 1.51. The lowest BCUT2D eigenvalue weighted by Crippen LogP contribution is -2.28. The van der Waals surface area contributed by atoms with Gasteiger partial charge in [0.1, 0.15) is 6.61 Å². The number of aromatic nitrogens is 5. The van der Waals surface area contributed by atoms with E-state index in [1.807, 2.05) is 0 Å². The van der Waals surface area contributed by atoms with Crippen LogP contribution in [0.3, 0.4) is 0 Å². The van der Waals surface area contributed by atoms with Gasteiger partial charge in [-0.2, -0.15) is 5.10 Å². The average molecular weight is 332 g/mol. The van der Waals surface area contributed by atoms with Gasteiger partial charge in [0, 0.05) is 26.3 Å². The maximum absolute atomic E-state index is 11.3. The summed E-state index contributed by atoms with van der Waals surface area (Å²) in [6.07, 6.45) is 2.03. The Morgan fingerprint density at radius 3 is 2.88 bits per heavy atom. The largest absolute Gasteiger partial charge is 0.377 e. The van der Waals surface area contributed by atoms with E-state index in [9.17, 15) is 4.79 Å². The highest BCUT2D eigenvalue weighted by atomic mass is 16.5. The number of anilines is 1. The van der Waals surface area contributed by atoms with Crippen LogP contribution in [0.15, 0.2) is 16.9 Å². The second-order valence-corrected chi connectivity index (χ2v) is 6.55. The third-order valence-electron chi connectivity index (χ3n) is 4.18. The first kappa shape index (κ1) is 16.6. The molecule has 1 saturated heterocycles. The summed E-state index contributed by atoms with van der Waals surface area (Å²) < 4.78 is 7.39. The van der Waals surface area contributed by atoms with E-state index >= 15 is 0 Å². The van der Waals surface area contributed by atoms with E-state index < -0.39 is 0 Å². The number of ether oxygens (including phenoxy) is 1. The Balaban J connectivity index is 1.94. The summed E-state index contributed by atoms with van der Waals surface area (Å²) in [6, 6.07) is 3.42. The van der Waals surface area contributed by atoms with E-state index in [-0.39, 0.29) is 11.6 Å². The molecular weight excluding hydrogens is 308 g/mol. The SMILES string of the molecule is COCc1nnc(N2CCCC2c2ccc(=O)[nH]n2)n1CC(C)C. The molecule has 0 saturated carbocycles. The molecule has 0 amide bonds. The van der Waals surface area contributed by atoms with Gasteiger partial charge in [-0.25, -0.2) is 5.10 Å². The number of nitrogens with one attached hydrogen (secondary N) is 1. The Morgan fingerprint density at radius 1 is 1.38 bits per heavy atom. The van der Waals surface area contributed by atoms with Crippen LogP contribution in [0, 0.1) is 5.92 Å². The fourth-order valence-electron chi connectivity index (χ4n) is 3.18. The Kier molecular flexibility index (Phi) is 4.94. The normalized spacial score (nSPS) is 17.8. The van der Waals surface area contributed by atoms with Crippen LogP contribution < -0.4 is 10.5 Å². The highest BCUT2D eigenvalue weighted by Crippen LogP contribution is 2.34. The van der Waals surface area contributed by atoms with Crippen LogP contribution in [0.25, 0.3) is 0 Å². The van der Waals surface area contributed by atoms with Gasteiger partial charge in [0.25, 0.3) is 5.56 Å². The van der Waals surface area contributed by atoms with E-state index in [0.29, 0.717) is 12.5 Å². The van der Waals surface area contributed by atoms with Crippen molar-refractivity contribution < 1.29 is 4.74 Å². The first-order chi connectivity index (χ1) is 11.6. The van der Waals surface area contributed by atoms with Gasteiger partial charge < -0.3 is 9.64 Å². The lowest BCUT2D eigenvalue weighted by Gasteiger charge is -2.26. The average Bonchev–Trinajstić information content (AvgIpc) is 3.16. The molecule has 0 aromatic carbocycles. The minimum absolute atomic E-state index is 0.104. The van der Waals surface area contributed by atoms with Crippen LogP contribution in [0.1, 0.15) is 44.2 Å². The van der Waals surface area contributed by atoms with Crippen molar-refractivity contribution in [1.82, 2.24) is 25.0 Å². The number of hydrogen-bond donors (Lipinski definition) is 1. The van der Waals surface area contributed by atoms with Crippen molar-refractivity contribution >= 4 is 5.95 Å². The van der Waals surface area contributed by atoms with Gasteiger partial charge in [0.2, 0.25) is 5.95 Å². The molecule has 0 spiro atoms. The Labute approximate surface area is 140 Å². The van der Waals surface area contributed by atoms with Crippen molar-refractivity contribution in [1.29, 1.82) is 0 Å². The number of aromatic amines is 1. The molecule has 2 aromatic heterocycles. The van der Waals surface area contributed by atoms with Crippen LogP contribution in [0.5, 0.6) is 0 Å². The molecule has 0 bridgehead atoms. The van der Waals surface area contributed by atoms with E-state index in [1.165, 1.54) is 6.07 Å². The molecule has 1 fully saturated rings. The molecule has 1 N–H and O–H groups in total. The maximum Gasteiger partial charge on any atom is 0.264 e. The summed E-state index contributed by atoms with van der Waals surface area (Å²) in [4.78, 5) is 13.5. The number of rotatable bonds is 6. The number of nitrogens with zero attached hydrogens (tertiary/aromatic N) is 5. The van der Waals surface area contributed by atoms with Crippen LogP contribution >= 0.6 is 0 Å². The smallest absolute Gasteiger partial charge is 0.264 e. The molecule has 1 aliphatic heterocycles. The number of methoxy groups -OCH3 is 1. The molecule has 1 unspecified atom stereocenters. The fourth-order valence-corrected chi connectivity index (χ4v) is 3.18. The Bertz CT molecular complexity index is 718. The van der Waals surface area contributed by atoms with Gasteiger partial charge >= 0.3 is 0 Å². The summed E-state index contributed by atoms with van der Waals surface area (Å²) in [5.74, 6) is 2.16. The second-order valence-electron chi connectivity index (χ2n) is 6.55. The molecule has 8 heteroatoms. The second kappa shape index (κ2) is 7.12. The molecule has 8 nitrogen and oxygen atoms in total. The van der Waals surface area contributed by atoms with Crippen LogP contribution in [0.4, 0.5) is 5.95 Å². The van der Waals surface area contributed by atoms with Gasteiger partial charge in [-0.05, 0) is 24.8 Å². The molecule has 0 aliphatic carbocycles. The fraction of sp³-hybridized carbons (Fsp3) is 0.625. The molecule has 1 aliphatic rings. The predicted molar refractivity (Wildman–Crippen MR) is 89.8 cm³/mol. The zero-order valence-electron chi connectivity index (χ0n) is 14.4.